The summed E-state index contributed by atoms with van der Waals surface area (Å²) < 4.78 is 18.1. The van der Waals surface area contributed by atoms with E-state index in [-0.39, 0.29) is 23.7 Å². The molecule has 1 rings (SSSR count). The van der Waals surface area contributed by atoms with Crippen molar-refractivity contribution in [2.45, 2.75) is 33.4 Å². The summed E-state index contributed by atoms with van der Waals surface area (Å²) in [6.45, 7) is 6.03. The van der Waals surface area contributed by atoms with Gasteiger partial charge in [-0.1, -0.05) is 26.0 Å². The minimum Gasteiger partial charge on any atom is -0.468 e. The molecule has 100 valence electrons. The summed E-state index contributed by atoms with van der Waals surface area (Å²) in [6.07, 6.45) is 0. The molecule has 0 fully saturated rings. The normalized spacial score (nSPS) is 12.6. The monoisotopic (exact) mass is 253 g/mol. The number of hydrogen-bond donors (Lipinski definition) is 1. The van der Waals surface area contributed by atoms with Gasteiger partial charge in [-0.3, -0.25) is 4.79 Å². The van der Waals surface area contributed by atoms with Crippen LogP contribution in [0.5, 0.6) is 0 Å². The zero-order valence-corrected chi connectivity index (χ0v) is 11.3. The van der Waals surface area contributed by atoms with E-state index in [2.05, 4.69) is 5.32 Å². The Bertz CT molecular complexity index is 418. The Morgan fingerprint density at radius 3 is 2.61 bits per heavy atom. The molecule has 0 spiro atoms. The van der Waals surface area contributed by atoms with Crippen LogP contribution in [0.15, 0.2) is 18.2 Å². The molecule has 1 unspecified atom stereocenters. The minimum atomic E-state index is -0.376. The molecule has 0 radical (unpaired) electrons. The standard InChI is InChI=1S/C14H20FNO2/c1-9(2)13(14(17)18-4)16-8-11-6-5-10(3)12(15)7-11/h5-7,9,13,16H,8H2,1-4H3. The second-order valence-electron chi connectivity index (χ2n) is 4.71. The lowest BCUT2D eigenvalue weighted by Gasteiger charge is -2.19. The van der Waals surface area contributed by atoms with E-state index < -0.39 is 0 Å². The van der Waals surface area contributed by atoms with Gasteiger partial charge in [0.1, 0.15) is 11.9 Å². The summed E-state index contributed by atoms with van der Waals surface area (Å²) in [5, 5.41) is 3.09. The summed E-state index contributed by atoms with van der Waals surface area (Å²) in [5.41, 5.74) is 1.43. The fourth-order valence-electron chi connectivity index (χ4n) is 1.69. The van der Waals surface area contributed by atoms with E-state index in [1.54, 1.807) is 13.0 Å². The van der Waals surface area contributed by atoms with Crippen molar-refractivity contribution >= 4 is 5.97 Å². The maximum atomic E-state index is 13.4. The van der Waals surface area contributed by atoms with Gasteiger partial charge in [0.25, 0.3) is 0 Å². The number of halogens is 1. The van der Waals surface area contributed by atoms with Gasteiger partial charge in [-0.05, 0) is 30.0 Å². The van der Waals surface area contributed by atoms with Crippen molar-refractivity contribution in [2.75, 3.05) is 7.11 Å². The van der Waals surface area contributed by atoms with E-state index in [1.807, 2.05) is 19.9 Å². The van der Waals surface area contributed by atoms with E-state index >= 15 is 0 Å². The number of carbonyl (C=O) groups is 1. The molecule has 0 aliphatic carbocycles. The molecule has 0 saturated heterocycles. The molecular weight excluding hydrogens is 233 g/mol. The van der Waals surface area contributed by atoms with Crippen LogP contribution in [0.2, 0.25) is 0 Å². The molecular formula is C14H20FNO2. The highest BCUT2D eigenvalue weighted by Gasteiger charge is 2.22. The third-order valence-electron chi connectivity index (χ3n) is 2.88. The lowest BCUT2D eigenvalue weighted by atomic mass is 10.0. The maximum absolute atomic E-state index is 13.4. The predicted octanol–water partition coefficient (Wildman–Crippen LogP) is 2.42. The molecule has 4 heteroatoms. The smallest absolute Gasteiger partial charge is 0.323 e. The first kappa shape index (κ1) is 14.6. The summed E-state index contributed by atoms with van der Waals surface area (Å²) in [4.78, 5) is 11.5. The molecule has 0 bridgehead atoms. The number of aryl methyl sites for hydroxylation is 1. The summed E-state index contributed by atoms with van der Waals surface area (Å²) in [7, 11) is 1.37. The molecule has 1 N–H and O–H groups in total. The molecule has 0 heterocycles. The highest BCUT2D eigenvalue weighted by Crippen LogP contribution is 2.10. The van der Waals surface area contributed by atoms with Crippen LogP contribution < -0.4 is 5.32 Å². The summed E-state index contributed by atoms with van der Waals surface area (Å²) >= 11 is 0. The number of esters is 1. The molecule has 1 atom stereocenters. The van der Waals surface area contributed by atoms with Gasteiger partial charge >= 0.3 is 5.97 Å². The summed E-state index contributed by atoms with van der Waals surface area (Å²) in [6, 6.07) is 4.69. The number of hydrogen-bond acceptors (Lipinski definition) is 3. The van der Waals surface area contributed by atoms with E-state index in [0.29, 0.717) is 12.1 Å². The van der Waals surface area contributed by atoms with E-state index in [1.165, 1.54) is 13.2 Å². The first-order valence-corrected chi connectivity index (χ1v) is 6.02. The molecule has 0 saturated carbocycles. The number of nitrogens with one attached hydrogen (secondary N) is 1. The lowest BCUT2D eigenvalue weighted by molar-refractivity contribution is -0.144. The molecule has 0 aliphatic heterocycles. The Labute approximate surface area is 107 Å². The first-order chi connectivity index (χ1) is 8.45. The van der Waals surface area contributed by atoms with E-state index in [0.717, 1.165) is 5.56 Å². The molecule has 0 aromatic heterocycles. The number of carbonyl (C=O) groups excluding carboxylic acids is 1. The van der Waals surface area contributed by atoms with Crippen molar-refractivity contribution in [2.24, 2.45) is 5.92 Å². The topological polar surface area (TPSA) is 38.3 Å². The molecule has 0 aliphatic rings. The van der Waals surface area contributed by atoms with Crippen LogP contribution in [0, 0.1) is 18.7 Å². The fourth-order valence-corrected chi connectivity index (χ4v) is 1.69. The first-order valence-electron chi connectivity index (χ1n) is 6.02. The van der Waals surface area contributed by atoms with Crippen LogP contribution in [0.3, 0.4) is 0 Å². The van der Waals surface area contributed by atoms with Gasteiger partial charge in [0, 0.05) is 6.54 Å². The van der Waals surface area contributed by atoms with Gasteiger partial charge in [0.2, 0.25) is 0 Å². The molecule has 18 heavy (non-hydrogen) atoms. The van der Waals surface area contributed by atoms with Crippen LogP contribution in [-0.2, 0) is 16.1 Å². The van der Waals surface area contributed by atoms with Gasteiger partial charge in [-0.25, -0.2) is 4.39 Å². The van der Waals surface area contributed by atoms with Gasteiger partial charge in [-0.15, -0.1) is 0 Å². The van der Waals surface area contributed by atoms with Crippen LogP contribution in [-0.4, -0.2) is 19.1 Å². The van der Waals surface area contributed by atoms with Crippen LogP contribution in [0.25, 0.3) is 0 Å². The predicted molar refractivity (Wildman–Crippen MR) is 68.6 cm³/mol. The van der Waals surface area contributed by atoms with Crippen LogP contribution >= 0.6 is 0 Å². The average Bonchev–Trinajstić information content (AvgIpc) is 2.33. The minimum absolute atomic E-state index is 0.118. The van der Waals surface area contributed by atoms with Crippen molar-refractivity contribution in [1.29, 1.82) is 0 Å². The molecule has 1 aromatic carbocycles. The Hall–Kier alpha value is -1.42. The number of rotatable bonds is 5. The molecule has 0 amide bonds. The highest BCUT2D eigenvalue weighted by atomic mass is 19.1. The SMILES string of the molecule is COC(=O)C(NCc1ccc(C)c(F)c1)C(C)C. The third kappa shape index (κ3) is 3.81. The average molecular weight is 253 g/mol. The molecule has 1 aromatic rings. The maximum Gasteiger partial charge on any atom is 0.323 e. The van der Waals surface area contributed by atoms with Crippen LogP contribution in [0.1, 0.15) is 25.0 Å². The Kier molecular flexibility index (Phi) is 5.28. The quantitative estimate of drug-likeness (QED) is 0.819. The van der Waals surface area contributed by atoms with Gasteiger partial charge in [-0.2, -0.15) is 0 Å². The van der Waals surface area contributed by atoms with Gasteiger partial charge in [0.05, 0.1) is 7.11 Å². The van der Waals surface area contributed by atoms with Crippen molar-refractivity contribution in [3.8, 4) is 0 Å². The fraction of sp³-hybridized carbons (Fsp3) is 0.500. The van der Waals surface area contributed by atoms with Crippen LogP contribution in [0.4, 0.5) is 4.39 Å². The largest absolute Gasteiger partial charge is 0.468 e. The Balaban J connectivity index is 2.67. The highest BCUT2D eigenvalue weighted by molar-refractivity contribution is 5.75. The second-order valence-corrected chi connectivity index (χ2v) is 4.71. The zero-order valence-electron chi connectivity index (χ0n) is 11.3. The molecule has 3 nitrogen and oxygen atoms in total. The van der Waals surface area contributed by atoms with Gasteiger partial charge < -0.3 is 10.1 Å². The second kappa shape index (κ2) is 6.50. The van der Waals surface area contributed by atoms with Crippen molar-refractivity contribution in [1.82, 2.24) is 5.32 Å². The third-order valence-corrected chi connectivity index (χ3v) is 2.88. The summed E-state index contributed by atoms with van der Waals surface area (Å²) in [5.74, 6) is -0.404. The Morgan fingerprint density at radius 1 is 1.44 bits per heavy atom. The number of methoxy groups -OCH3 is 1. The van der Waals surface area contributed by atoms with E-state index in [4.69, 9.17) is 4.74 Å². The number of benzene rings is 1. The van der Waals surface area contributed by atoms with E-state index in [9.17, 15) is 9.18 Å². The van der Waals surface area contributed by atoms with Crippen molar-refractivity contribution < 1.29 is 13.9 Å². The van der Waals surface area contributed by atoms with Crippen molar-refractivity contribution in [3.63, 3.8) is 0 Å². The number of ether oxygens (including phenoxy) is 1. The zero-order chi connectivity index (χ0) is 13.7. The lowest BCUT2D eigenvalue weighted by Crippen LogP contribution is -2.41. The van der Waals surface area contributed by atoms with Gasteiger partial charge in [0.15, 0.2) is 0 Å². The Morgan fingerprint density at radius 2 is 2.11 bits per heavy atom. The van der Waals surface area contributed by atoms with Crippen molar-refractivity contribution in [3.05, 3.63) is 35.1 Å².